The minimum atomic E-state index is -0.138. The van der Waals surface area contributed by atoms with Crippen molar-refractivity contribution in [1.82, 2.24) is 4.98 Å². The van der Waals surface area contributed by atoms with Gasteiger partial charge in [-0.05, 0) is 37.1 Å². The second-order valence-electron chi connectivity index (χ2n) is 6.21. The highest BCUT2D eigenvalue weighted by molar-refractivity contribution is 7.99. The van der Waals surface area contributed by atoms with Gasteiger partial charge in [0.2, 0.25) is 17.7 Å². The molecule has 1 aliphatic carbocycles. The van der Waals surface area contributed by atoms with Gasteiger partial charge in [-0.3, -0.25) is 14.4 Å². The number of hydrogen-bond donors (Lipinski definition) is 3. The summed E-state index contributed by atoms with van der Waals surface area (Å²) in [5, 5.41) is 10.8. The fraction of sp³-hybridized carbons (Fsp3) is 0.333. The third-order valence-corrected chi connectivity index (χ3v) is 5.47. The van der Waals surface area contributed by atoms with Gasteiger partial charge in [0.1, 0.15) is 0 Å². The number of benzene rings is 1. The maximum atomic E-state index is 12.0. The first-order valence-electron chi connectivity index (χ1n) is 8.50. The Balaban J connectivity index is 1.38. The summed E-state index contributed by atoms with van der Waals surface area (Å²) in [6.07, 6.45) is 1.93. The van der Waals surface area contributed by atoms with E-state index in [1.807, 2.05) is 5.38 Å². The fourth-order valence-corrected chi connectivity index (χ4v) is 3.80. The van der Waals surface area contributed by atoms with Crippen molar-refractivity contribution in [2.24, 2.45) is 5.92 Å². The van der Waals surface area contributed by atoms with Crippen LogP contribution in [0.2, 0.25) is 0 Å². The third-order valence-electron chi connectivity index (χ3n) is 3.70. The molecule has 27 heavy (non-hydrogen) atoms. The molecule has 0 unspecified atom stereocenters. The second-order valence-corrected chi connectivity index (χ2v) is 8.05. The number of hydrogen-bond acceptors (Lipinski definition) is 6. The lowest BCUT2D eigenvalue weighted by molar-refractivity contribution is -0.117. The predicted molar refractivity (Wildman–Crippen MR) is 109 cm³/mol. The Morgan fingerprint density at radius 3 is 2.41 bits per heavy atom. The van der Waals surface area contributed by atoms with Crippen LogP contribution >= 0.6 is 23.1 Å². The quantitative estimate of drug-likeness (QED) is 0.627. The molecule has 1 fully saturated rings. The van der Waals surface area contributed by atoms with Gasteiger partial charge in [-0.25, -0.2) is 4.98 Å². The minimum Gasteiger partial charge on any atom is -0.326 e. The van der Waals surface area contributed by atoms with Crippen LogP contribution in [0.4, 0.5) is 16.5 Å². The summed E-state index contributed by atoms with van der Waals surface area (Å²) in [6.45, 7) is 1.44. The number of anilines is 3. The molecule has 0 bridgehead atoms. The molecule has 0 spiro atoms. The topological polar surface area (TPSA) is 100 Å². The van der Waals surface area contributed by atoms with Crippen LogP contribution in [0.3, 0.4) is 0 Å². The maximum Gasteiger partial charge on any atom is 0.234 e. The molecule has 1 saturated carbocycles. The van der Waals surface area contributed by atoms with E-state index in [-0.39, 0.29) is 23.6 Å². The highest BCUT2D eigenvalue weighted by atomic mass is 32.2. The monoisotopic (exact) mass is 404 g/mol. The molecule has 1 aliphatic rings. The van der Waals surface area contributed by atoms with Gasteiger partial charge >= 0.3 is 0 Å². The van der Waals surface area contributed by atoms with Gasteiger partial charge in [0.15, 0.2) is 5.13 Å². The summed E-state index contributed by atoms with van der Waals surface area (Å²) in [6, 6.07) is 6.94. The Morgan fingerprint density at radius 2 is 1.78 bits per heavy atom. The SMILES string of the molecule is CC(=O)Nc1ccc(NC(=O)CSCc2csc(NC(=O)C3CC3)n2)cc1. The number of thiazole rings is 1. The lowest BCUT2D eigenvalue weighted by Crippen LogP contribution is -2.14. The van der Waals surface area contributed by atoms with Crippen molar-refractivity contribution >= 4 is 57.3 Å². The fourth-order valence-electron chi connectivity index (χ4n) is 2.27. The largest absolute Gasteiger partial charge is 0.326 e. The van der Waals surface area contributed by atoms with E-state index in [0.717, 1.165) is 18.5 Å². The van der Waals surface area contributed by atoms with Gasteiger partial charge in [0, 0.05) is 35.3 Å². The Labute approximate surface area is 165 Å². The highest BCUT2D eigenvalue weighted by Crippen LogP contribution is 2.30. The average molecular weight is 405 g/mol. The van der Waals surface area contributed by atoms with E-state index >= 15 is 0 Å². The van der Waals surface area contributed by atoms with E-state index in [2.05, 4.69) is 20.9 Å². The Hall–Kier alpha value is -2.39. The van der Waals surface area contributed by atoms with Gasteiger partial charge in [0.25, 0.3) is 0 Å². The van der Waals surface area contributed by atoms with E-state index in [9.17, 15) is 14.4 Å². The average Bonchev–Trinajstić information content (AvgIpc) is 3.38. The molecule has 0 aliphatic heterocycles. The van der Waals surface area contributed by atoms with E-state index in [1.54, 1.807) is 24.3 Å². The first-order chi connectivity index (χ1) is 13.0. The molecular weight excluding hydrogens is 384 g/mol. The second kappa shape index (κ2) is 9.01. The van der Waals surface area contributed by atoms with Crippen LogP contribution in [0.1, 0.15) is 25.5 Å². The molecule has 0 atom stereocenters. The first kappa shape index (κ1) is 19.4. The summed E-state index contributed by atoms with van der Waals surface area (Å²) in [7, 11) is 0. The Bertz CT molecular complexity index is 831. The molecule has 1 aromatic heterocycles. The normalized spacial score (nSPS) is 13.1. The van der Waals surface area contributed by atoms with Crippen LogP contribution < -0.4 is 16.0 Å². The Morgan fingerprint density at radius 1 is 1.11 bits per heavy atom. The molecule has 1 heterocycles. The number of nitrogens with zero attached hydrogens (tertiary/aromatic N) is 1. The molecule has 3 rings (SSSR count). The van der Waals surface area contributed by atoms with Crippen molar-refractivity contribution < 1.29 is 14.4 Å². The summed E-state index contributed by atoms with van der Waals surface area (Å²) in [5.41, 5.74) is 2.21. The third kappa shape index (κ3) is 6.37. The molecule has 142 valence electrons. The number of rotatable bonds is 8. The van der Waals surface area contributed by atoms with Crippen molar-refractivity contribution in [1.29, 1.82) is 0 Å². The summed E-state index contributed by atoms with van der Waals surface area (Å²) >= 11 is 2.86. The number of amides is 3. The first-order valence-corrected chi connectivity index (χ1v) is 10.5. The number of thioether (sulfide) groups is 1. The van der Waals surface area contributed by atoms with Gasteiger partial charge in [-0.2, -0.15) is 0 Å². The van der Waals surface area contributed by atoms with Gasteiger partial charge in [-0.1, -0.05) is 0 Å². The number of nitrogens with one attached hydrogen (secondary N) is 3. The molecule has 3 amide bonds. The van der Waals surface area contributed by atoms with Crippen LogP contribution in [0, 0.1) is 5.92 Å². The highest BCUT2D eigenvalue weighted by Gasteiger charge is 2.30. The van der Waals surface area contributed by atoms with Crippen LogP contribution in [0.15, 0.2) is 29.6 Å². The Kier molecular flexibility index (Phi) is 6.46. The van der Waals surface area contributed by atoms with Crippen LogP contribution in [-0.2, 0) is 20.1 Å². The molecule has 0 saturated heterocycles. The van der Waals surface area contributed by atoms with E-state index < -0.39 is 0 Å². The smallest absolute Gasteiger partial charge is 0.234 e. The molecule has 0 radical (unpaired) electrons. The molecule has 1 aromatic carbocycles. The molecule has 9 heteroatoms. The molecule has 3 N–H and O–H groups in total. The van der Waals surface area contributed by atoms with Crippen molar-refractivity contribution in [3.8, 4) is 0 Å². The molecule has 2 aromatic rings. The number of carbonyl (C=O) groups is 3. The lowest BCUT2D eigenvalue weighted by atomic mass is 10.3. The number of carbonyl (C=O) groups excluding carboxylic acids is 3. The zero-order valence-electron chi connectivity index (χ0n) is 14.8. The minimum absolute atomic E-state index is 0.0486. The predicted octanol–water partition coefficient (Wildman–Crippen LogP) is 3.32. The van der Waals surface area contributed by atoms with E-state index in [1.165, 1.54) is 30.0 Å². The standard InChI is InChI=1S/C18H20N4O3S2/c1-11(23)19-13-4-6-14(7-5-13)20-16(24)10-26-8-15-9-27-18(21-15)22-17(25)12-2-3-12/h4-7,9,12H,2-3,8,10H2,1H3,(H,19,23)(H,20,24)(H,21,22,25). The lowest BCUT2D eigenvalue weighted by Gasteiger charge is -2.06. The van der Waals surface area contributed by atoms with Crippen LogP contribution in [0.25, 0.3) is 0 Å². The van der Waals surface area contributed by atoms with Gasteiger partial charge in [-0.15, -0.1) is 23.1 Å². The van der Waals surface area contributed by atoms with Gasteiger partial charge < -0.3 is 16.0 Å². The van der Waals surface area contributed by atoms with Gasteiger partial charge in [0.05, 0.1) is 11.4 Å². The summed E-state index contributed by atoms with van der Waals surface area (Å²) in [4.78, 5) is 39.1. The van der Waals surface area contributed by atoms with Crippen molar-refractivity contribution in [3.05, 3.63) is 35.3 Å². The molecule has 7 nitrogen and oxygen atoms in total. The van der Waals surface area contributed by atoms with Crippen molar-refractivity contribution in [2.75, 3.05) is 21.7 Å². The summed E-state index contributed by atoms with van der Waals surface area (Å²) in [5.74, 6) is 0.861. The zero-order chi connectivity index (χ0) is 19.2. The zero-order valence-corrected chi connectivity index (χ0v) is 16.4. The van der Waals surface area contributed by atoms with E-state index in [0.29, 0.717) is 28.0 Å². The van der Waals surface area contributed by atoms with E-state index in [4.69, 9.17) is 0 Å². The van der Waals surface area contributed by atoms with Crippen molar-refractivity contribution in [3.63, 3.8) is 0 Å². The maximum absolute atomic E-state index is 12.0. The van der Waals surface area contributed by atoms with Crippen LogP contribution in [0.5, 0.6) is 0 Å². The molecular formula is C18H20N4O3S2. The van der Waals surface area contributed by atoms with Crippen LogP contribution in [-0.4, -0.2) is 28.5 Å². The van der Waals surface area contributed by atoms with Crippen molar-refractivity contribution in [2.45, 2.75) is 25.5 Å². The summed E-state index contributed by atoms with van der Waals surface area (Å²) < 4.78 is 0. The number of aromatic nitrogens is 1.